The molecule has 18 heavy (non-hydrogen) atoms. The maximum Gasteiger partial charge on any atom is 0.105 e. The Morgan fingerprint density at radius 1 is 1.28 bits per heavy atom. The molecular weight excluding hydrogens is 222 g/mol. The van der Waals surface area contributed by atoms with Crippen molar-refractivity contribution in [2.45, 2.75) is 70.4 Å². The molecule has 0 heterocycles. The number of hydrogen-bond acceptors (Lipinski definition) is 3. The molecule has 0 bridgehead atoms. The maximum absolute atomic E-state index is 9.25. The van der Waals surface area contributed by atoms with Crippen LogP contribution in [0.15, 0.2) is 0 Å². The van der Waals surface area contributed by atoms with Gasteiger partial charge in [-0.1, -0.05) is 32.6 Å². The Hall–Kier alpha value is -0.590. The highest BCUT2D eigenvalue weighted by molar-refractivity contribution is 5.03. The fourth-order valence-corrected chi connectivity index (χ4v) is 2.86. The Morgan fingerprint density at radius 2 is 1.89 bits per heavy atom. The highest BCUT2D eigenvalue weighted by Gasteiger charge is 2.24. The van der Waals surface area contributed by atoms with Crippen LogP contribution in [0.25, 0.3) is 0 Å². The highest BCUT2D eigenvalue weighted by atomic mass is 15.1. The standard InChI is InChI=1S/C15H29N3/c1-4-17-15(2,13-16)11-12-18(3)14-9-7-5-6-8-10-14/h14,17H,4-12H2,1-3H3. The molecule has 0 aromatic rings. The number of nitrogens with one attached hydrogen (secondary N) is 1. The van der Waals surface area contributed by atoms with Gasteiger partial charge in [-0.05, 0) is 39.8 Å². The molecule has 3 nitrogen and oxygen atoms in total. The van der Waals surface area contributed by atoms with E-state index in [4.69, 9.17) is 0 Å². The molecule has 0 radical (unpaired) electrons. The second-order valence-electron chi connectivity index (χ2n) is 5.85. The average Bonchev–Trinajstić information content (AvgIpc) is 2.65. The first-order valence-electron chi connectivity index (χ1n) is 7.48. The van der Waals surface area contributed by atoms with Gasteiger partial charge in [0.05, 0.1) is 6.07 Å². The van der Waals surface area contributed by atoms with Gasteiger partial charge in [-0.25, -0.2) is 0 Å². The number of nitrogens with zero attached hydrogens (tertiary/aromatic N) is 2. The van der Waals surface area contributed by atoms with Crippen molar-refractivity contribution in [3.05, 3.63) is 0 Å². The number of hydrogen-bond donors (Lipinski definition) is 1. The summed E-state index contributed by atoms with van der Waals surface area (Å²) in [6, 6.07) is 3.15. The van der Waals surface area contributed by atoms with Crippen LogP contribution in [0.1, 0.15) is 58.8 Å². The van der Waals surface area contributed by atoms with Crippen LogP contribution in [0.2, 0.25) is 0 Å². The third-order valence-electron chi connectivity index (χ3n) is 4.23. The third-order valence-corrected chi connectivity index (χ3v) is 4.23. The molecular formula is C15H29N3. The molecule has 0 spiro atoms. The van der Waals surface area contributed by atoms with Gasteiger partial charge in [0.25, 0.3) is 0 Å². The summed E-state index contributed by atoms with van der Waals surface area (Å²) in [7, 11) is 2.22. The second kappa shape index (κ2) is 7.76. The van der Waals surface area contributed by atoms with Gasteiger partial charge in [0.1, 0.15) is 5.54 Å². The van der Waals surface area contributed by atoms with Crippen LogP contribution >= 0.6 is 0 Å². The smallest absolute Gasteiger partial charge is 0.105 e. The van der Waals surface area contributed by atoms with Crippen molar-refractivity contribution in [1.29, 1.82) is 5.26 Å². The van der Waals surface area contributed by atoms with Gasteiger partial charge in [0, 0.05) is 12.6 Å². The van der Waals surface area contributed by atoms with Crippen LogP contribution in [-0.4, -0.2) is 36.6 Å². The molecule has 104 valence electrons. The summed E-state index contributed by atoms with van der Waals surface area (Å²) in [6.07, 6.45) is 9.12. The van der Waals surface area contributed by atoms with Crippen LogP contribution in [-0.2, 0) is 0 Å². The van der Waals surface area contributed by atoms with Crippen molar-refractivity contribution >= 4 is 0 Å². The predicted molar refractivity (Wildman–Crippen MR) is 76.4 cm³/mol. The second-order valence-corrected chi connectivity index (χ2v) is 5.85. The molecule has 0 saturated heterocycles. The lowest BCUT2D eigenvalue weighted by molar-refractivity contribution is 0.203. The van der Waals surface area contributed by atoms with E-state index in [9.17, 15) is 5.26 Å². The largest absolute Gasteiger partial charge is 0.303 e. The summed E-state index contributed by atoms with van der Waals surface area (Å²) in [4.78, 5) is 2.47. The van der Waals surface area contributed by atoms with Crippen molar-refractivity contribution in [1.82, 2.24) is 10.2 Å². The lowest BCUT2D eigenvalue weighted by Crippen LogP contribution is -2.44. The van der Waals surface area contributed by atoms with Gasteiger partial charge in [-0.2, -0.15) is 5.26 Å². The first-order chi connectivity index (χ1) is 8.61. The summed E-state index contributed by atoms with van der Waals surface area (Å²) in [5, 5.41) is 12.5. The Morgan fingerprint density at radius 3 is 2.39 bits per heavy atom. The molecule has 0 aromatic carbocycles. The molecule has 1 rings (SSSR count). The van der Waals surface area contributed by atoms with E-state index in [1.165, 1.54) is 38.5 Å². The fourth-order valence-electron chi connectivity index (χ4n) is 2.86. The zero-order valence-electron chi connectivity index (χ0n) is 12.3. The Kier molecular flexibility index (Phi) is 6.67. The number of nitriles is 1. The summed E-state index contributed by atoms with van der Waals surface area (Å²) in [5.74, 6) is 0. The molecule has 1 unspecified atom stereocenters. The molecule has 0 aromatic heterocycles. The van der Waals surface area contributed by atoms with Crippen molar-refractivity contribution in [2.24, 2.45) is 0 Å². The molecule has 0 aliphatic heterocycles. The first kappa shape index (κ1) is 15.5. The Bertz CT molecular complexity index is 263. The first-order valence-corrected chi connectivity index (χ1v) is 7.48. The fraction of sp³-hybridized carbons (Fsp3) is 0.933. The Balaban J connectivity index is 2.39. The van der Waals surface area contributed by atoms with Gasteiger partial charge in [-0.15, -0.1) is 0 Å². The summed E-state index contributed by atoms with van der Waals surface area (Å²) < 4.78 is 0. The molecule has 1 fully saturated rings. The molecule has 3 heteroatoms. The monoisotopic (exact) mass is 251 g/mol. The van der Waals surface area contributed by atoms with E-state index < -0.39 is 0 Å². The van der Waals surface area contributed by atoms with Crippen molar-refractivity contribution in [3.63, 3.8) is 0 Å². The van der Waals surface area contributed by atoms with Gasteiger partial charge in [-0.3, -0.25) is 5.32 Å². The minimum atomic E-state index is -0.367. The van der Waals surface area contributed by atoms with E-state index >= 15 is 0 Å². The lowest BCUT2D eigenvalue weighted by Gasteiger charge is -2.30. The summed E-state index contributed by atoms with van der Waals surface area (Å²) in [6.45, 7) is 5.95. The number of rotatable bonds is 6. The van der Waals surface area contributed by atoms with Crippen molar-refractivity contribution in [2.75, 3.05) is 20.1 Å². The minimum absolute atomic E-state index is 0.367. The quantitative estimate of drug-likeness (QED) is 0.738. The molecule has 0 amide bonds. The Labute approximate surface area is 113 Å². The van der Waals surface area contributed by atoms with Gasteiger partial charge >= 0.3 is 0 Å². The zero-order valence-corrected chi connectivity index (χ0v) is 12.3. The van der Waals surface area contributed by atoms with Gasteiger partial charge in [0.2, 0.25) is 0 Å². The maximum atomic E-state index is 9.25. The van der Waals surface area contributed by atoms with E-state index in [2.05, 4.69) is 30.3 Å². The SMILES string of the molecule is CCNC(C)(C#N)CCN(C)C1CCCCCC1. The van der Waals surface area contributed by atoms with Crippen LogP contribution in [0.3, 0.4) is 0 Å². The van der Waals surface area contributed by atoms with Crippen molar-refractivity contribution in [3.8, 4) is 6.07 Å². The van der Waals surface area contributed by atoms with Crippen LogP contribution in [0, 0.1) is 11.3 Å². The predicted octanol–water partition coefficient (Wildman–Crippen LogP) is 2.92. The highest BCUT2D eigenvalue weighted by Crippen LogP contribution is 2.22. The third kappa shape index (κ3) is 4.96. The van der Waals surface area contributed by atoms with Crippen LogP contribution in [0.5, 0.6) is 0 Å². The van der Waals surface area contributed by atoms with E-state index in [0.29, 0.717) is 0 Å². The van der Waals surface area contributed by atoms with Crippen molar-refractivity contribution < 1.29 is 0 Å². The van der Waals surface area contributed by atoms with E-state index in [0.717, 1.165) is 25.6 Å². The van der Waals surface area contributed by atoms with Crippen LogP contribution in [0.4, 0.5) is 0 Å². The lowest BCUT2D eigenvalue weighted by atomic mass is 9.98. The van der Waals surface area contributed by atoms with E-state index in [1.807, 2.05) is 6.92 Å². The van der Waals surface area contributed by atoms with Gasteiger partial charge in [0.15, 0.2) is 0 Å². The molecule has 1 aliphatic carbocycles. The molecule has 1 N–H and O–H groups in total. The van der Waals surface area contributed by atoms with Gasteiger partial charge < -0.3 is 4.90 Å². The van der Waals surface area contributed by atoms with Crippen LogP contribution < -0.4 is 5.32 Å². The normalized spacial score (nSPS) is 21.3. The average molecular weight is 251 g/mol. The summed E-state index contributed by atoms with van der Waals surface area (Å²) >= 11 is 0. The van der Waals surface area contributed by atoms with E-state index in [-0.39, 0.29) is 5.54 Å². The molecule has 1 saturated carbocycles. The topological polar surface area (TPSA) is 39.1 Å². The molecule has 1 aliphatic rings. The van der Waals surface area contributed by atoms with E-state index in [1.54, 1.807) is 0 Å². The minimum Gasteiger partial charge on any atom is -0.303 e. The molecule has 1 atom stereocenters. The summed E-state index contributed by atoms with van der Waals surface area (Å²) in [5.41, 5.74) is -0.367. The zero-order chi connectivity index (χ0) is 13.4.